The fraction of sp³-hybridized carbons (Fsp3) is 0.190. The van der Waals surface area contributed by atoms with E-state index < -0.39 is 5.97 Å². The molecule has 6 nitrogen and oxygen atoms in total. The highest BCUT2D eigenvalue weighted by molar-refractivity contribution is 6.35. The summed E-state index contributed by atoms with van der Waals surface area (Å²) in [6.07, 6.45) is 4.35. The number of oxazole rings is 1. The topological polar surface area (TPSA) is 81.0 Å². The Kier molecular flexibility index (Phi) is 5.56. The standard InChI is InChI=1S/C21H17Cl2N3O3/c1-2-16(11-19-24-5-6-25-19)28-21(27)12-3-4-17-18(9-12)29-20(26-17)13-7-14(22)10-15(23)8-13/h3-10,16H,2,11H2,1H3,(H,24,25). The Morgan fingerprint density at radius 3 is 2.69 bits per heavy atom. The van der Waals surface area contributed by atoms with Crippen LogP contribution in [0.5, 0.6) is 0 Å². The number of ether oxygens (including phenoxy) is 1. The van der Waals surface area contributed by atoms with E-state index in [9.17, 15) is 4.79 Å². The highest BCUT2D eigenvalue weighted by Gasteiger charge is 2.18. The number of nitrogens with one attached hydrogen (secondary N) is 1. The number of benzene rings is 2. The predicted octanol–water partition coefficient (Wildman–Crippen LogP) is 5.70. The fourth-order valence-corrected chi connectivity index (χ4v) is 3.49. The van der Waals surface area contributed by atoms with Crippen LogP contribution in [0.1, 0.15) is 29.5 Å². The zero-order valence-corrected chi connectivity index (χ0v) is 17.0. The van der Waals surface area contributed by atoms with Gasteiger partial charge in [0.2, 0.25) is 5.89 Å². The van der Waals surface area contributed by atoms with Crippen LogP contribution in [-0.2, 0) is 11.2 Å². The average Bonchev–Trinajstić information content (AvgIpc) is 3.35. The molecule has 148 valence electrons. The molecule has 1 unspecified atom stereocenters. The van der Waals surface area contributed by atoms with Crippen molar-refractivity contribution >= 4 is 40.3 Å². The molecule has 2 heterocycles. The summed E-state index contributed by atoms with van der Waals surface area (Å²) in [6, 6.07) is 10.1. The average molecular weight is 430 g/mol. The van der Waals surface area contributed by atoms with Crippen LogP contribution in [-0.4, -0.2) is 27.0 Å². The molecule has 0 aliphatic rings. The molecule has 0 radical (unpaired) electrons. The van der Waals surface area contributed by atoms with Crippen molar-refractivity contribution in [2.75, 3.05) is 0 Å². The van der Waals surface area contributed by atoms with Gasteiger partial charge >= 0.3 is 5.97 Å². The van der Waals surface area contributed by atoms with E-state index in [0.717, 1.165) is 5.82 Å². The Balaban J connectivity index is 1.55. The molecule has 0 fully saturated rings. The van der Waals surface area contributed by atoms with Crippen LogP contribution < -0.4 is 0 Å². The first-order valence-corrected chi connectivity index (χ1v) is 9.83. The molecule has 29 heavy (non-hydrogen) atoms. The minimum absolute atomic E-state index is 0.275. The summed E-state index contributed by atoms with van der Waals surface area (Å²) in [5.74, 6) is 0.730. The number of hydrogen-bond donors (Lipinski definition) is 1. The van der Waals surface area contributed by atoms with Crippen LogP contribution in [0.4, 0.5) is 0 Å². The lowest BCUT2D eigenvalue weighted by molar-refractivity contribution is 0.0290. The van der Waals surface area contributed by atoms with Gasteiger partial charge in [0.1, 0.15) is 17.4 Å². The van der Waals surface area contributed by atoms with Crippen molar-refractivity contribution in [3.63, 3.8) is 0 Å². The number of nitrogens with zero attached hydrogens (tertiary/aromatic N) is 2. The molecular weight excluding hydrogens is 413 g/mol. The van der Waals surface area contributed by atoms with Crippen molar-refractivity contribution in [3.8, 4) is 11.5 Å². The number of aromatic amines is 1. The molecule has 1 atom stereocenters. The Morgan fingerprint density at radius 2 is 2.00 bits per heavy atom. The molecule has 4 aromatic rings. The van der Waals surface area contributed by atoms with Crippen LogP contribution in [0.2, 0.25) is 10.0 Å². The smallest absolute Gasteiger partial charge is 0.338 e. The van der Waals surface area contributed by atoms with Crippen molar-refractivity contribution in [2.45, 2.75) is 25.9 Å². The van der Waals surface area contributed by atoms with E-state index >= 15 is 0 Å². The van der Waals surface area contributed by atoms with E-state index in [0.29, 0.717) is 51.0 Å². The largest absolute Gasteiger partial charge is 0.458 e. The zero-order valence-electron chi connectivity index (χ0n) is 15.5. The Labute approximate surface area is 176 Å². The van der Waals surface area contributed by atoms with Gasteiger partial charge in [0.25, 0.3) is 0 Å². The zero-order chi connectivity index (χ0) is 20.4. The number of hydrogen-bond acceptors (Lipinski definition) is 5. The molecule has 8 heteroatoms. The summed E-state index contributed by atoms with van der Waals surface area (Å²) < 4.78 is 11.5. The number of esters is 1. The van der Waals surface area contributed by atoms with E-state index in [2.05, 4.69) is 15.0 Å². The van der Waals surface area contributed by atoms with Gasteiger partial charge in [0.15, 0.2) is 5.58 Å². The van der Waals surface area contributed by atoms with Crippen LogP contribution in [0.25, 0.3) is 22.6 Å². The van der Waals surface area contributed by atoms with Gasteiger partial charge in [-0.05, 0) is 42.8 Å². The molecule has 0 saturated heterocycles. The van der Waals surface area contributed by atoms with Crippen LogP contribution in [0.3, 0.4) is 0 Å². The molecule has 0 aliphatic carbocycles. The third kappa shape index (κ3) is 4.44. The number of halogens is 2. The number of H-pyrrole nitrogens is 1. The number of fused-ring (bicyclic) bond motifs is 1. The van der Waals surface area contributed by atoms with Gasteiger partial charge in [0.05, 0.1) is 5.56 Å². The van der Waals surface area contributed by atoms with Crippen LogP contribution in [0, 0.1) is 0 Å². The Morgan fingerprint density at radius 1 is 1.21 bits per heavy atom. The molecular formula is C21H17Cl2N3O3. The maximum Gasteiger partial charge on any atom is 0.338 e. The maximum absolute atomic E-state index is 12.6. The van der Waals surface area contributed by atoms with E-state index in [1.54, 1.807) is 48.8 Å². The third-order valence-electron chi connectivity index (χ3n) is 4.44. The maximum atomic E-state index is 12.6. The molecule has 0 saturated carbocycles. The summed E-state index contributed by atoms with van der Waals surface area (Å²) in [4.78, 5) is 24.2. The Hall–Kier alpha value is -2.83. The van der Waals surface area contributed by atoms with Gasteiger partial charge in [0, 0.05) is 34.4 Å². The van der Waals surface area contributed by atoms with Gasteiger partial charge in [-0.3, -0.25) is 0 Å². The first-order valence-electron chi connectivity index (χ1n) is 9.08. The third-order valence-corrected chi connectivity index (χ3v) is 4.88. The molecule has 2 aromatic heterocycles. The first-order chi connectivity index (χ1) is 14.0. The molecule has 0 amide bonds. The van der Waals surface area contributed by atoms with E-state index in [1.165, 1.54) is 0 Å². The molecule has 0 spiro atoms. The van der Waals surface area contributed by atoms with Crippen molar-refractivity contribution in [1.82, 2.24) is 15.0 Å². The minimum Gasteiger partial charge on any atom is -0.458 e. The van der Waals surface area contributed by atoms with E-state index in [4.69, 9.17) is 32.4 Å². The van der Waals surface area contributed by atoms with Crippen molar-refractivity contribution < 1.29 is 13.9 Å². The normalized spacial score (nSPS) is 12.2. The SMILES string of the molecule is CCC(Cc1ncc[nH]1)OC(=O)c1ccc2nc(-c3cc(Cl)cc(Cl)c3)oc2c1. The molecule has 2 aromatic carbocycles. The van der Waals surface area contributed by atoms with Gasteiger partial charge < -0.3 is 14.1 Å². The Bertz CT molecular complexity index is 1140. The number of imidazole rings is 1. The lowest BCUT2D eigenvalue weighted by Gasteiger charge is -2.15. The van der Waals surface area contributed by atoms with Crippen molar-refractivity contribution in [3.05, 3.63) is 70.2 Å². The number of rotatable bonds is 6. The number of aromatic nitrogens is 3. The quantitative estimate of drug-likeness (QED) is 0.397. The highest BCUT2D eigenvalue weighted by atomic mass is 35.5. The van der Waals surface area contributed by atoms with E-state index in [1.807, 2.05) is 6.92 Å². The summed E-state index contributed by atoms with van der Waals surface area (Å²) in [5.41, 5.74) is 2.15. The summed E-state index contributed by atoms with van der Waals surface area (Å²) >= 11 is 12.1. The number of carbonyl (C=O) groups excluding carboxylic acids is 1. The summed E-state index contributed by atoms with van der Waals surface area (Å²) in [6.45, 7) is 1.96. The number of carbonyl (C=O) groups is 1. The second kappa shape index (κ2) is 8.27. The summed E-state index contributed by atoms with van der Waals surface area (Å²) in [7, 11) is 0. The van der Waals surface area contributed by atoms with Gasteiger partial charge in [-0.2, -0.15) is 0 Å². The van der Waals surface area contributed by atoms with Crippen molar-refractivity contribution in [1.29, 1.82) is 0 Å². The monoisotopic (exact) mass is 429 g/mol. The highest BCUT2D eigenvalue weighted by Crippen LogP contribution is 2.29. The second-order valence-corrected chi connectivity index (χ2v) is 7.41. The summed E-state index contributed by atoms with van der Waals surface area (Å²) in [5, 5.41) is 0.974. The molecule has 0 aliphatic heterocycles. The van der Waals surface area contributed by atoms with E-state index in [-0.39, 0.29) is 6.10 Å². The lowest BCUT2D eigenvalue weighted by Crippen LogP contribution is -2.20. The van der Waals surface area contributed by atoms with Gasteiger partial charge in [-0.25, -0.2) is 14.8 Å². The fourth-order valence-electron chi connectivity index (χ4n) is 2.97. The van der Waals surface area contributed by atoms with Gasteiger partial charge in [-0.15, -0.1) is 0 Å². The van der Waals surface area contributed by atoms with Gasteiger partial charge in [-0.1, -0.05) is 30.1 Å². The first kappa shape index (κ1) is 19.5. The van der Waals surface area contributed by atoms with Crippen LogP contribution >= 0.6 is 23.2 Å². The minimum atomic E-state index is -0.422. The molecule has 0 bridgehead atoms. The molecule has 4 rings (SSSR count). The van der Waals surface area contributed by atoms with Crippen molar-refractivity contribution in [2.24, 2.45) is 0 Å². The lowest BCUT2D eigenvalue weighted by atomic mass is 10.1. The van der Waals surface area contributed by atoms with Crippen LogP contribution in [0.15, 0.2) is 53.2 Å². The predicted molar refractivity (Wildman–Crippen MR) is 111 cm³/mol. The second-order valence-electron chi connectivity index (χ2n) is 6.54. The molecule has 1 N–H and O–H groups in total.